The highest BCUT2D eigenvalue weighted by atomic mass is 35.5. The van der Waals surface area contributed by atoms with Gasteiger partial charge >= 0.3 is 12.2 Å². The molecule has 204 valence electrons. The van der Waals surface area contributed by atoms with Gasteiger partial charge in [-0.15, -0.1) is 0 Å². The van der Waals surface area contributed by atoms with Gasteiger partial charge in [-0.3, -0.25) is 4.79 Å². The lowest BCUT2D eigenvalue weighted by molar-refractivity contribution is -0.211. The SMILES string of the molecule is CCCCOc1ccc(C2=NC(=O)NC(c3cc(CNC(=O)C(C)(C)C(F)(F)F)ccc3Cl)=CCC2)cc1. The highest BCUT2D eigenvalue weighted by molar-refractivity contribution is 6.32. The lowest BCUT2D eigenvalue weighted by atomic mass is 9.91. The fourth-order valence-corrected chi connectivity index (χ4v) is 3.83. The Bertz CT molecular complexity index is 1220. The number of aliphatic imine (C=N–C) groups is 1. The van der Waals surface area contributed by atoms with Crippen LogP contribution in [0, 0.1) is 5.41 Å². The summed E-state index contributed by atoms with van der Waals surface area (Å²) in [6, 6.07) is 11.7. The molecule has 1 aliphatic rings. The van der Waals surface area contributed by atoms with Crippen LogP contribution in [0.15, 0.2) is 53.5 Å². The first-order valence-electron chi connectivity index (χ1n) is 12.4. The molecule has 3 rings (SSSR count). The maximum absolute atomic E-state index is 13.1. The summed E-state index contributed by atoms with van der Waals surface area (Å²) in [5.74, 6) is -0.379. The molecule has 0 aromatic heterocycles. The minimum atomic E-state index is -4.68. The normalized spacial score (nSPS) is 14.6. The molecule has 2 aromatic carbocycles. The maximum Gasteiger partial charge on any atom is 0.402 e. The van der Waals surface area contributed by atoms with Crippen molar-refractivity contribution in [2.45, 2.75) is 59.2 Å². The third kappa shape index (κ3) is 7.37. The molecule has 0 saturated carbocycles. The van der Waals surface area contributed by atoms with Gasteiger partial charge in [0, 0.05) is 22.8 Å². The molecule has 2 aromatic rings. The molecule has 3 amide bonds. The first kappa shape index (κ1) is 29.2. The summed E-state index contributed by atoms with van der Waals surface area (Å²) in [7, 11) is 0. The third-order valence-corrected chi connectivity index (χ3v) is 6.54. The first-order valence-corrected chi connectivity index (χ1v) is 12.8. The van der Waals surface area contributed by atoms with Crippen molar-refractivity contribution >= 4 is 34.9 Å². The maximum atomic E-state index is 13.1. The number of nitrogens with zero attached hydrogens (tertiary/aromatic N) is 1. The lowest BCUT2D eigenvalue weighted by Crippen LogP contribution is -2.46. The molecule has 0 aliphatic carbocycles. The van der Waals surface area contributed by atoms with Crippen molar-refractivity contribution in [1.82, 2.24) is 10.6 Å². The Kier molecular flexibility index (Phi) is 9.60. The molecule has 0 atom stereocenters. The standard InChI is InChI=1S/C28H31ClF3N3O3/c1-4-5-15-38-20-12-10-19(11-13-20)23-7-6-8-24(35-26(37)34-23)21-16-18(9-14-22(21)29)17-33-25(36)27(2,3)28(30,31)32/h8-14,16H,4-7,15,17H2,1-3H3,(H,33,36)(H,35,37). The summed E-state index contributed by atoms with van der Waals surface area (Å²) in [6.45, 7) is 4.26. The summed E-state index contributed by atoms with van der Waals surface area (Å²) in [5, 5.41) is 5.41. The highest BCUT2D eigenvalue weighted by Crippen LogP contribution is 2.37. The zero-order valence-electron chi connectivity index (χ0n) is 21.5. The van der Waals surface area contributed by atoms with Crippen molar-refractivity contribution in [2.75, 3.05) is 6.61 Å². The molecule has 2 N–H and O–H groups in total. The predicted octanol–water partition coefficient (Wildman–Crippen LogP) is 7.06. The zero-order valence-corrected chi connectivity index (χ0v) is 22.3. The number of unbranched alkanes of at least 4 members (excludes halogenated alkanes) is 1. The Labute approximate surface area is 225 Å². The van der Waals surface area contributed by atoms with E-state index in [2.05, 4.69) is 22.5 Å². The molecular weight excluding hydrogens is 519 g/mol. The van der Waals surface area contributed by atoms with Gasteiger partial charge < -0.3 is 15.4 Å². The largest absolute Gasteiger partial charge is 0.494 e. The molecule has 1 aliphatic heterocycles. The second-order valence-corrected chi connectivity index (χ2v) is 9.90. The second kappa shape index (κ2) is 12.5. The summed E-state index contributed by atoms with van der Waals surface area (Å²) < 4.78 is 45.1. The van der Waals surface area contributed by atoms with E-state index < -0.39 is 23.5 Å². The van der Waals surface area contributed by atoms with Crippen LogP contribution in [0.1, 0.15) is 63.1 Å². The monoisotopic (exact) mass is 549 g/mol. The van der Waals surface area contributed by atoms with Gasteiger partial charge in [-0.2, -0.15) is 18.2 Å². The van der Waals surface area contributed by atoms with E-state index in [1.165, 1.54) is 0 Å². The Morgan fingerprint density at radius 3 is 2.53 bits per heavy atom. The van der Waals surface area contributed by atoms with Crippen molar-refractivity contribution < 1.29 is 27.5 Å². The number of benzene rings is 2. The van der Waals surface area contributed by atoms with Crippen molar-refractivity contribution in [1.29, 1.82) is 0 Å². The smallest absolute Gasteiger partial charge is 0.402 e. The average molecular weight is 550 g/mol. The number of carbonyl (C=O) groups is 2. The minimum absolute atomic E-state index is 0.135. The van der Waals surface area contributed by atoms with E-state index in [-0.39, 0.29) is 6.54 Å². The number of hydrogen-bond donors (Lipinski definition) is 2. The van der Waals surface area contributed by atoms with Crippen molar-refractivity contribution in [3.8, 4) is 5.75 Å². The number of halogens is 4. The van der Waals surface area contributed by atoms with E-state index in [1.807, 2.05) is 30.3 Å². The van der Waals surface area contributed by atoms with Gasteiger partial charge in [0.2, 0.25) is 5.91 Å². The van der Waals surface area contributed by atoms with Gasteiger partial charge in [0.1, 0.15) is 11.2 Å². The molecule has 10 heteroatoms. The number of ether oxygens (including phenoxy) is 1. The quantitative estimate of drug-likeness (QED) is 0.329. The van der Waals surface area contributed by atoms with Crippen LogP contribution >= 0.6 is 11.6 Å². The summed E-state index contributed by atoms with van der Waals surface area (Å²) >= 11 is 6.38. The number of rotatable bonds is 9. The minimum Gasteiger partial charge on any atom is -0.494 e. The van der Waals surface area contributed by atoms with Crippen LogP contribution in [-0.2, 0) is 11.3 Å². The number of alkyl halides is 3. The van der Waals surface area contributed by atoms with Gasteiger partial charge in [-0.1, -0.05) is 37.1 Å². The average Bonchev–Trinajstić information content (AvgIpc) is 2.85. The number of allylic oxidation sites excluding steroid dienone is 1. The van der Waals surface area contributed by atoms with Crippen molar-refractivity contribution in [3.63, 3.8) is 0 Å². The molecule has 0 spiro atoms. The zero-order chi connectivity index (χ0) is 27.9. The molecule has 0 saturated heterocycles. The van der Waals surface area contributed by atoms with Crippen molar-refractivity contribution in [3.05, 3.63) is 70.3 Å². The number of nitrogens with one attached hydrogen (secondary N) is 2. The molecule has 0 bridgehead atoms. The van der Waals surface area contributed by atoms with E-state index in [0.717, 1.165) is 38.0 Å². The molecule has 6 nitrogen and oxygen atoms in total. The fourth-order valence-electron chi connectivity index (χ4n) is 3.61. The van der Waals surface area contributed by atoms with Crippen LogP contribution in [0.5, 0.6) is 5.75 Å². The molecule has 1 heterocycles. The number of hydrogen-bond acceptors (Lipinski definition) is 3. The molecule has 0 fully saturated rings. The Morgan fingerprint density at radius 2 is 1.87 bits per heavy atom. The lowest BCUT2D eigenvalue weighted by Gasteiger charge is -2.26. The Morgan fingerprint density at radius 1 is 1.16 bits per heavy atom. The van der Waals surface area contributed by atoms with Gasteiger partial charge in [-0.25, -0.2) is 4.79 Å². The Hall–Kier alpha value is -3.33. The summed E-state index contributed by atoms with van der Waals surface area (Å²) in [6.07, 6.45) is 0.227. The van der Waals surface area contributed by atoms with Crippen LogP contribution in [-0.4, -0.2) is 30.4 Å². The first-order chi connectivity index (χ1) is 17.9. The summed E-state index contributed by atoms with van der Waals surface area (Å²) in [4.78, 5) is 29.1. The van der Waals surface area contributed by atoms with E-state index in [4.69, 9.17) is 16.3 Å². The molecule has 0 unspecified atom stereocenters. The van der Waals surface area contributed by atoms with Gasteiger partial charge in [0.15, 0.2) is 0 Å². The van der Waals surface area contributed by atoms with Gasteiger partial charge in [0.05, 0.1) is 12.3 Å². The topological polar surface area (TPSA) is 79.8 Å². The van der Waals surface area contributed by atoms with Crippen LogP contribution in [0.25, 0.3) is 5.70 Å². The molecule has 0 radical (unpaired) electrons. The van der Waals surface area contributed by atoms with Crippen LogP contribution < -0.4 is 15.4 Å². The molecular formula is C28H31ClF3N3O3. The number of carbonyl (C=O) groups excluding carboxylic acids is 2. The van der Waals surface area contributed by atoms with E-state index in [1.54, 1.807) is 18.2 Å². The van der Waals surface area contributed by atoms with Crippen LogP contribution in [0.4, 0.5) is 18.0 Å². The fraction of sp³-hybridized carbons (Fsp3) is 0.393. The van der Waals surface area contributed by atoms with E-state index in [9.17, 15) is 22.8 Å². The van der Waals surface area contributed by atoms with E-state index >= 15 is 0 Å². The summed E-state index contributed by atoms with van der Waals surface area (Å²) in [5.41, 5.74) is 0.361. The van der Waals surface area contributed by atoms with Crippen LogP contribution in [0.2, 0.25) is 5.02 Å². The molecule has 38 heavy (non-hydrogen) atoms. The van der Waals surface area contributed by atoms with Crippen molar-refractivity contribution in [2.24, 2.45) is 10.4 Å². The van der Waals surface area contributed by atoms with E-state index in [0.29, 0.717) is 47.0 Å². The van der Waals surface area contributed by atoms with Gasteiger partial charge in [-0.05, 0) is 80.6 Å². The van der Waals surface area contributed by atoms with Gasteiger partial charge in [0.25, 0.3) is 0 Å². The number of amides is 3. The second-order valence-electron chi connectivity index (χ2n) is 9.49. The van der Waals surface area contributed by atoms with Crippen LogP contribution in [0.3, 0.4) is 0 Å². The predicted molar refractivity (Wildman–Crippen MR) is 142 cm³/mol. The highest BCUT2D eigenvalue weighted by Gasteiger charge is 2.52. The third-order valence-electron chi connectivity index (χ3n) is 6.21. The number of urea groups is 1. The Balaban J connectivity index is 1.70.